The highest BCUT2D eigenvalue weighted by Crippen LogP contribution is 2.40. The molecule has 0 saturated heterocycles. The van der Waals surface area contributed by atoms with Crippen molar-refractivity contribution in [3.8, 4) is 6.07 Å². The monoisotopic (exact) mass is 545 g/mol. The van der Waals surface area contributed by atoms with Gasteiger partial charge < -0.3 is 4.90 Å². The SMILES string of the molecule is CC(C(=O)N(Cc1cccc(C#N)c1)C1Cc2ccccc2C1)N1CCc2ccccc2C1c1ccccc1Cl. The van der Waals surface area contributed by atoms with Crippen LogP contribution in [-0.4, -0.2) is 34.3 Å². The van der Waals surface area contributed by atoms with Crippen molar-refractivity contribution in [1.29, 1.82) is 5.26 Å². The smallest absolute Gasteiger partial charge is 0.240 e. The lowest BCUT2D eigenvalue weighted by Gasteiger charge is -2.43. The van der Waals surface area contributed by atoms with Crippen molar-refractivity contribution in [2.45, 2.75) is 50.9 Å². The molecule has 0 saturated carbocycles. The fourth-order valence-electron chi connectivity index (χ4n) is 6.51. The largest absolute Gasteiger partial charge is 0.333 e. The van der Waals surface area contributed by atoms with E-state index in [1.54, 1.807) is 0 Å². The van der Waals surface area contributed by atoms with Crippen LogP contribution in [0, 0.1) is 11.3 Å². The molecule has 4 aromatic carbocycles. The molecule has 0 bridgehead atoms. The standard InChI is InChI=1S/C35H32ClN3O/c1-24(38-18-17-27-11-4-5-14-31(27)34(38)32-15-6-7-16-33(32)36)35(40)39(23-26-10-8-9-25(19-26)22-37)30-20-28-12-2-3-13-29(28)21-30/h2-16,19,24,30,34H,17-18,20-21,23H2,1H3. The minimum Gasteiger partial charge on any atom is -0.333 e. The fraction of sp³-hybridized carbons (Fsp3) is 0.257. The number of benzene rings is 4. The number of halogens is 1. The number of hydrogen-bond acceptors (Lipinski definition) is 3. The third-order valence-corrected chi connectivity index (χ3v) is 8.88. The second kappa shape index (κ2) is 11.3. The van der Waals surface area contributed by atoms with E-state index in [-0.39, 0.29) is 24.0 Å². The van der Waals surface area contributed by atoms with Crippen LogP contribution < -0.4 is 0 Å². The van der Waals surface area contributed by atoms with Crippen molar-refractivity contribution in [1.82, 2.24) is 9.80 Å². The van der Waals surface area contributed by atoms with Crippen molar-refractivity contribution in [3.05, 3.63) is 141 Å². The lowest BCUT2D eigenvalue weighted by molar-refractivity contribution is -0.140. The minimum absolute atomic E-state index is 0.0638. The maximum absolute atomic E-state index is 14.6. The van der Waals surface area contributed by atoms with Gasteiger partial charge in [-0.15, -0.1) is 0 Å². The van der Waals surface area contributed by atoms with Crippen molar-refractivity contribution in [2.24, 2.45) is 0 Å². The van der Waals surface area contributed by atoms with Crippen molar-refractivity contribution < 1.29 is 4.79 Å². The van der Waals surface area contributed by atoms with Crippen molar-refractivity contribution in [3.63, 3.8) is 0 Å². The van der Waals surface area contributed by atoms with Gasteiger partial charge in [-0.25, -0.2) is 0 Å². The molecule has 1 aliphatic carbocycles. The Labute approximate surface area is 241 Å². The van der Waals surface area contributed by atoms with Crippen LogP contribution >= 0.6 is 11.6 Å². The molecule has 0 aromatic heterocycles. The molecule has 0 radical (unpaired) electrons. The molecule has 6 rings (SSSR count). The Morgan fingerprint density at radius 3 is 2.27 bits per heavy atom. The molecule has 200 valence electrons. The van der Waals surface area contributed by atoms with Crippen LogP contribution in [-0.2, 0) is 30.6 Å². The van der Waals surface area contributed by atoms with E-state index in [0.717, 1.165) is 36.9 Å². The van der Waals surface area contributed by atoms with Crippen LogP contribution in [0.2, 0.25) is 5.02 Å². The number of rotatable bonds is 6. The van der Waals surface area contributed by atoms with E-state index in [4.69, 9.17) is 11.6 Å². The number of carbonyl (C=O) groups excluding carboxylic acids is 1. The van der Waals surface area contributed by atoms with Crippen LogP contribution in [0.15, 0.2) is 97.1 Å². The molecule has 4 nitrogen and oxygen atoms in total. The van der Waals surface area contributed by atoms with Gasteiger partial charge in [0.25, 0.3) is 0 Å². The van der Waals surface area contributed by atoms with E-state index < -0.39 is 0 Å². The van der Waals surface area contributed by atoms with Gasteiger partial charge in [-0.05, 0) is 77.8 Å². The number of hydrogen-bond donors (Lipinski definition) is 0. The molecule has 2 atom stereocenters. The zero-order chi connectivity index (χ0) is 27.6. The molecular formula is C35H32ClN3O. The number of fused-ring (bicyclic) bond motifs is 2. The molecule has 0 spiro atoms. The molecule has 5 heteroatoms. The molecule has 1 aliphatic heterocycles. The Morgan fingerprint density at radius 1 is 0.925 bits per heavy atom. The maximum atomic E-state index is 14.6. The quantitative estimate of drug-likeness (QED) is 0.269. The second-order valence-electron chi connectivity index (χ2n) is 10.9. The summed E-state index contributed by atoms with van der Waals surface area (Å²) >= 11 is 6.78. The Morgan fingerprint density at radius 2 is 1.57 bits per heavy atom. The summed E-state index contributed by atoms with van der Waals surface area (Å²) in [4.78, 5) is 19.0. The first-order valence-corrected chi connectivity index (χ1v) is 14.4. The first-order chi connectivity index (χ1) is 19.5. The summed E-state index contributed by atoms with van der Waals surface area (Å²) in [5.41, 5.74) is 7.75. The highest BCUT2D eigenvalue weighted by atomic mass is 35.5. The van der Waals surface area contributed by atoms with Crippen LogP contribution in [0.1, 0.15) is 51.9 Å². The molecule has 0 fully saturated rings. The van der Waals surface area contributed by atoms with E-state index in [1.807, 2.05) is 49.4 Å². The second-order valence-corrected chi connectivity index (χ2v) is 11.3. The van der Waals surface area contributed by atoms with Gasteiger partial charge in [-0.1, -0.05) is 90.5 Å². The highest BCUT2D eigenvalue weighted by molar-refractivity contribution is 6.31. The highest BCUT2D eigenvalue weighted by Gasteiger charge is 2.39. The molecule has 40 heavy (non-hydrogen) atoms. The lowest BCUT2D eigenvalue weighted by Crippen LogP contribution is -2.53. The maximum Gasteiger partial charge on any atom is 0.240 e. The van der Waals surface area contributed by atoms with Crippen LogP contribution in [0.25, 0.3) is 0 Å². The average Bonchev–Trinajstić information content (AvgIpc) is 3.43. The lowest BCUT2D eigenvalue weighted by atomic mass is 9.87. The summed E-state index contributed by atoms with van der Waals surface area (Å²) in [6, 6.07) is 34.5. The summed E-state index contributed by atoms with van der Waals surface area (Å²) in [5, 5.41) is 10.2. The van der Waals surface area contributed by atoms with Crippen LogP contribution in [0.5, 0.6) is 0 Å². The van der Waals surface area contributed by atoms with Gasteiger partial charge in [0.05, 0.1) is 23.7 Å². The van der Waals surface area contributed by atoms with Crippen molar-refractivity contribution in [2.75, 3.05) is 6.54 Å². The molecule has 1 amide bonds. The molecular weight excluding hydrogens is 514 g/mol. The summed E-state index contributed by atoms with van der Waals surface area (Å²) in [6.07, 6.45) is 2.56. The number of amides is 1. The fourth-order valence-corrected chi connectivity index (χ4v) is 6.75. The summed E-state index contributed by atoms with van der Waals surface area (Å²) in [6.45, 7) is 3.28. The Hall–Kier alpha value is -3.91. The van der Waals surface area contributed by atoms with Crippen LogP contribution in [0.3, 0.4) is 0 Å². The third-order valence-electron chi connectivity index (χ3n) is 8.54. The van der Waals surface area contributed by atoms with Crippen molar-refractivity contribution >= 4 is 17.5 Å². The predicted octanol–water partition coefficient (Wildman–Crippen LogP) is 6.74. The topological polar surface area (TPSA) is 47.3 Å². The summed E-state index contributed by atoms with van der Waals surface area (Å²) in [7, 11) is 0. The first kappa shape index (κ1) is 26.3. The van der Waals surface area contributed by atoms with E-state index in [9.17, 15) is 10.1 Å². The van der Waals surface area contributed by atoms with Gasteiger partial charge >= 0.3 is 0 Å². The Bertz CT molecular complexity index is 1570. The Balaban J connectivity index is 1.36. The van der Waals surface area contributed by atoms with Gasteiger partial charge in [0.15, 0.2) is 0 Å². The minimum atomic E-state index is -0.363. The van der Waals surface area contributed by atoms with E-state index in [1.165, 1.54) is 22.3 Å². The van der Waals surface area contributed by atoms with Gasteiger partial charge in [0, 0.05) is 24.2 Å². The molecule has 2 aliphatic rings. The molecule has 2 unspecified atom stereocenters. The number of carbonyl (C=O) groups is 1. The third kappa shape index (κ3) is 5.04. The molecule has 0 N–H and O–H groups in total. The zero-order valence-corrected chi connectivity index (χ0v) is 23.4. The predicted molar refractivity (Wildman–Crippen MR) is 159 cm³/mol. The van der Waals surface area contributed by atoms with Crippen LogP contribution in [0.4, 0.5) is 0 Å². The normalized spacial score (nSPS) is 17.5. The number of nitriles is 1. The summed E-state index contributed by atoms with van der Waals surface area (Å²) < 4.78 is 0. The zero-order valence-electron chi connectivity index (χ0n) is 22.6. The average molecular weight is 546 g/mol. The van der Waals surface area contributed by atoms with Gasteiger partial charge in [-0.2, -0.15) is 5.26 Å². The molecule has 4 aromatic rings. The van der Waals surface area contributed by atoms with E-state index in [2.05, 4.69) is 70.5 Å². The molecule has 1 heterocycles. The van der Waals surface area contributed by atoms with Gasteiger partial charge in [-0.3, -0.25) is 9.69 Å². The Kier molecular flexibility index (Phi) is 7.43. The van der Waals surface area contributed by atoms with E-state index >= 15 is 0 Å². The van der Waals surface area contributed by atoms with Gasteiger partial charge in [0.1, 0.15) is 0 Å². The number of nitrogens with zero attached hydrogens (tertiary/aromatic N) is 3. The van der Waals surface area contributed by atoms with E-state index in [0.29, 0.717) is 17.1 Å². The first-order valence-electron chi connectivity index (χ1n) is 14.0. The van der Waals surface area contributed by atoms with Gasteiger partial charge in [0.2, 0.25) is 5.91 Å². The summed E-state index contributed by atoms with van der Waals surface area (Å²) in [5.74, 6) is 0.108.